The number of fused-ring (bicyclic) bond motifs is 2. The third-order valence-electron chi connectivity index (χ3n) is 4.80. The van der Waals surface area contributed by atoms with Gasteiger partial charge in [0.15, 0.2) is 0 Å². The van der Waals surface area contributed by atoms with Gasteiger partial charge in [-0.1, -0.05) is 41.4 Å². The number of rotatable bonds is 4. The summed E-state index contributed by atoms with van der Waals surface area (Å²) in [5.41, 5.74) is 1.05. The number of aromatic nitrogens is 2. The Bertz CT molecular complexity index is 1440. The molecular formula is C24H20Cl2N2O4. The zero-order valence-corrected chi connectivity index (χ0v) is 18.4. The zero-order chi connectivity index (χ0) is 23.4. The van der Waals surface area contributed by atoms with Crippen molar-refractivity contribution in [2.45, 2.75) is 12.8 Å². The quantitative estimate of drug-likeness (QED) is 0.306. The fourth-order valence-electron chi connectivity index (χ4n) is 3.29. The zero-order valence-electron chi connectivity index (χ0n) is 16.9. The molecule has 0 unspecified atom stereocenters. The highest BCUT2D eigenvalue weighted by Crippen LogP contribution is 2.31. The predicted octanol–water partition coefficient (Wildman–Crippen LogP) is 5.23. The molecular weight excluding hydrogens is 451 g/mol. The maximum atomic E-state index is 11.6. The Kier molecular flexibility index (Phi) is 7.08. The molecule has 0 aliphatic rings. The molecule has 0 aliphatic heterocycles. The molecule has 0 spiro atoms. The van der Waals surface area contributed by atoms with E-state index in [2.05, 4.69) is 23.1 Å². The van der Waals surface area contributed by atoms with Crippen molar-refractivity contribution in [2.75, 3.05) is 0 Å². The molecule has 2 heterocycles. The van der Waals surface area contributed by atoms with Gasteiger partial charge < -0.3 is 20.2 Å². The fraction of sp³-hybridized carbons (Fsp3) is 0.0833. The largest absolute Gasteiger partial charge is 0.507 e. The van der Waals surface area contributed by atoms with Gasteiger partial charge in [-0.25, -0.2) is 0 Å². The van der Waals surface area contributed by atoms with Gasteiger partial charge in [0.25, 0.3) is 11.1 Å². The molecule has 164 valence electrons. The first-order valence-corrected chi connectivity index (χ1v) is 10.3. The molecule has 0 fully saturated rings. The first kappa shape index (κ1) is 23.2. The Labute approximate surface area is 193 Å². The summed E-state index contributed by atoms with van der Waals surface area (Å²) in [7, 11) is 0. The number of aromatic hydroxyl groups is 2. The lowest BCUT2D eigenvalue weighted by Gasteiger charge is -2.06. The fourth-order valence-corrected chi connectivity index (χ4v) is 3.72. The summed E-state index contributed by atoms with van der Waals surface area (Å²) in [6, 6.07) is 10.0. The van der Waals surface area contributed by atoms with Crippen LogP contribution in [0.5, 0.6) is 11.5 Å². The first-order chi connectivity index (χ1) is 15.3. The third kappa shape index (κ3) is 4.56. The molecule has 0 saturated heterocycles. The van der Waals surface area contributed by atoms with Crippen molar-refractivity contribution < 1.29 is 10.2 Å². The van der Waals surface area contributed by atoms with Crippen LogP contribution in [0.4, 0.5) is 0 Å². The van der Waals surface area contributed by atoms with E-state index in [9.17, 15) is 19.8 Å². The molecule has 4 N–H and O–H groups in total. The molecule has 0 amide bonds. The molecule has 8 heteroatoms. The first-order valence-electron chi connectivity index (χ1n) is 9.56. The van der Waals surface area contributed by atoms with Gasteiger partial charge in [0.05, 0.1) is 32.6 Å². The van der Waals surface area contributed by atoms with Crippen LogP contribution in [0.1, 0.15) is 11.1 Å². The molecule has 0 atom stereocenters. The van der Waals surface area contributed by atoms with Crippen LogP contribution in [0.15, 0.2) is 71.3 Å². The van der Waals surface area contributed by atoms with Crippen LogP contribution < -0.4 is 11.1 Å². The van der Waals surface area contributed by atoms with Gasteiger partial charge in [-0.05, 0) is 43.2 Å². The van der Waals surface area contributed by atoms with Crippen LogP contribution in [0.3, 0.4) is 0 Å². The minimum absolute atomic E-state index is 0.00434. The van der Waals surface area contributed by atoms with Crippen molar-refractivity contribution in [2.24, 2.45) is 0 Å². The van der Waals surface area contributed by atoms with Crippen LogP contribution in [0.2, 0.25) is 10.0 Å². The molecule has 4 rings (SSSR count). The smallest absolute Gasteiger partial charge is 0.255 e. The van der Waals surface area contributed by atoms with Crippen molar-refractivity contribution >= 4 is 45.0 Å². The van der Waals surface area contributed by atoms with Gasteiger partial charge in [0, 0.05) is 10.4 Å². The molecule has 6 nitrogen and oxygen atoms in total. The molecule has 32 heavy (non-hydrogen) atoms. The topological polar surface area (TPSA) is 106 Å². The second-order valence-corrected chi connectivity index (χ2v) is 7.74. The molecule has 4 aromatic rings. The van der Waals surface area contributed by atoms with Gasteiger partial charge in [0.2, 0.25) is 0 Å². The minimum atomic E-state index is -0.313. The maximum absolute atomic E-state index is 11.6. The lowest BCUT2D eigenvalue weighted by Crippen LogP contribution is -2.12. The Morgan fingerprint density at radius 2 is 1.44 bits per heavy atom. The molecule has 0 radical (unpaired) electrons. The van der Waals surface area contributed by atoms with E-state index >= 15 is 0 Å². The molecule has 2 aromatic carbocycles. The van der Waals surface area contributed by atoms with Crippen molar-refractivity contribution in [3.05, 3.63) is 104 Å². The summed E-state index contributed by atoms with van der Waals surface area (Å²) >= 11 is 11.8. The molecule has 0 bridgehead atoms. The van der Waals surface area contributed by atoms with Crippen molar-refractivity contribution in [3.63, 3.8) is 0 Å². The van der Waals surface area contributed by atoms with Gasteiger partial charge in [-0.2, -0.15) is 0 Å². The number of nitrogens with one attached hydrogen (secondary N) is 2. The SMILES string of the molecule is C=CCc1c(O)c2c(Cl)cccc2[nH]c1=O.C=CCc1c(O)c2ccc(Cl)cc2[nH]c1=O. The average Bonchev–Trinajstić information content (AvgIpc) is 2.74. The number of halogens is 2. The Hall–Kier alpha value is -3.48. The number of hydrogen-bond donors (Lipinski definition) is 4. The van der Waals surface area contributed by atoms with Crippen LogP contribution in [0, 0.1) is 0 Å². The van der Waals surface area contributed by atoms with Gasteiger partial charge >= 0.3 is 0 Å². The summed E-state index contributed by atoms with van der Waals surface area (Å²) in [5.74, 6) is -0.0698. The van der Waals surface area contributed by atoms with Crippen molar-refractivity contribution in [1.82, 2.24) is 9.97 Å². The monoisotopic (exact) mass is 470 g/mol. The van der Waals surface area contributed by atoms with Crippen molar-refractivity contribution in [1.29, 1.82) is 0 Å². The summed E-state index contributed by atoms with van der Waals surface area (Å²) in [5, 5.41) is 21.9. The van der Waals surface area contributed by atoms with Gasteiger partial charge in [-0.15, -0.1) is 13.2 Å². The van der Waals surface area contributed by atoms with E-state index in [-0.39, 0.29) is 28.2 Å². The number of H-pyrrole nitrogens is 2. The van der Waals surface area contributed by atoms with Crippen LogP contribution in [-0.4, -0.2) is 20.2 Å². The second kappa shape index (κ2) is 9.77. The summed E-state index contributed by atoms with van der Waals surface area (Å²) in [6.07, 6.45) is 3.78. The van der Waals surface area contributed by atoms with E-state index in [1.54, 1.807) is 48.6 Å². The van der Waals surface area contributed by atoms with E-state index in [1.165, 1.54) is 0 Å². The number of allylic oxidation sites excluding steroid dienone is 2. The number of aromatic amines is 2. The van der Waals surface area contributed by atoms with Crippen LogP contribution >= 0.6 is 23.2 Å². The van der Waals surface area contributed by atoms with E-state index in [0.717, 1.165) is 0 Å². The molecule has 0 saturated carbocycles. The minimum Gasteiger partial charge on any atom is -0.507 e. The third-order valence-corrected chi connectivity index (χ3v) is 5.35. The van der Waals surface area contributed by atoms with E-state index in [1.807, 2.05) is 0 Å². The molecule has 0 aliphatic carbocycles. The van der Waals surface area contributed by atoms with Crippen LogP contribution in [-0.2, 0) is 12.8 Å². The summed E-state index contributed by atoms with van der Waals surface area (Å²) in [6.45, 7) is 7.09. The van der Waals surface area contributed by atoms with Gasteiger partial charge in [0.1, 0.15) is 11.5 Å². The summed E-state index contributed by atoms with van der Waals surface area (Å²) < 4.78 is 0. The van der Waals surface area contributed by atoms with Crippen LogP contribution in [0.25, 0.3) is 21.8 Å². The van der Waals surface area contributed by atoms with Crippen molar-refractivity contribution in [3.8, 4) is 11.5 Å². The standard InChI is InChI=1S/2C12H10ClNO2/c1-2-4-7-11(15)10-8(13)5-3-6-9(10)14-12(7)16;1-2-3-9-11(15)8-5-4-7(13)6-10(8)14-12(9)16/h2-3,5-6H,1,4H2,(H2,14,15,16);2,4-6H,1,3H2,(H2,14,15,16). The van der Waals surface area contributed by atoms with E-state index in [0.29, 0.717) is 50.3 Å². The normalized spacial score (nSPS) is 10.6. The number of pyridine rings is 2. The summed E-state index contributed by atoms with van der Waals surface area (Å²) in [4.78, 5) is 28.7. The Balaban J connectivity index is 0.000000181. The second-order valence-electron chi connectivity index (χ2n) is 6.90. The number of hydrogen-bond acceptors (Lipinski definition) is 4. The Morgan fingerprint density at radius 1 is 0.844 bits per heavy atom. The lowest BCUT2D eigenvalue weighted by atomic mass is 10.1. The number of benzene rings is 2. The van der Waals surface area contributed by atoms with E-state index in [4.69, 9.17) is 23.2 Å². The van der Waals surface area contributed by atoms with E-state index < -0.39 is 0 Å². The highest BCUT2D eigenvalue weighted by atomic mass is 35.5. The average molecular weight is 471 g/mol. The van der Waals surface area contributed by atoms with Gasteiger partial charge in [-0.3, -0.25) is 9.59 Å². The highest BCUT2D eigenvalue weighted by Gasteiger charge is 2.13. The Morgan fingerprint density at radius 3 is 2.06 bits per heavy atom. The highest BCUT2D eigenvalue weighted by molar-refractivity contribution is 6.36. The molecule has 2 aromatic heterocycles. The predicted molar refractivity (Wildman–Crippen MR) is 130 cm³/mol. The lowest BCUT2D eigenvalue weighted by molar-refractivity contribution is 0.474. The maximum Gasteiger partial charge on any atom is 0.255 e.